The van der Waals surface area contributed by atoms with Crippen LogP contribution in [0.25, 0.3) is 6.08 Å². The van der Waals surface area contributed by atoms with Gasteiger partial charge in [-0.1, -0.05) is 73.8 Å². The van der Waals surface area contributed by atoms with E-state index in [9.17, 15) is 29.1 Å². The highest BCUT2D eigenvalue weighted by Crippen LogP contribution is 2.11. The van der Waals surface area contributed by atoms with E-state index in [0.29, 0.717) is 24.0 Å². The van der Waals surface area contributed by atoms with Crippen LogP contribution in [0.3, 0.4) is 0 Å². The van der Waals surface area contributed by atoms with Crippen molar-refractivity contribution in [2.24, 2.45) is 0 Å². The number of ether oxygens (including phenoxy) is 3. The Morgan fingerprint density at radius 1 is 0.833 bits per heavy atom. The van der Waals surface area contributed by atoms with Crippen molar-refractivity contribution in [3.05, 3.63) is 102 Å². The van der Waals surface area contributed by atoms with Crippen LogP contribution in [0.15, 0.2) is 90.5 Å². The maximum Gasteiger partial charge on any atom is 0.340 e. The topological polar surface area (TPSA) is 154 Å². The Balaban J connectivity index is 0.000000572. The minimum Gasteiger partial charge on any atom is -0.481 e. The van der Waals surface area contributed by atoms with Crippen molar-refractivity contribution in [1.82, 2.24) is 0 Å². The number of esters is 4. The van der Waals surface area contributed by atoms with Crippen LogP contribution in [-0.4, -0.2) is 59.4 Å². The fourth-order valence-corrected chi connectivity index (χ4v) is 2.99. The molecule has 0 saturated carbocycles. The molecule has 0 fully saturated rings. The van der Waals surface area contributed by atoms with E-state index in [1.165, 1.54) is 6.92 Å². The van der Waals surface area contributed by atoms with Crippen molar-refractivity contribution < 1.29 is 48.4 Å². The molecule has 0 heterocycles. The number of carboxylic acid groups (broad SMARTS) is 1. The number of aliphatic carboxylic acids is 1. The summed E-state index contributed by atoms with van der Waals surface area (Å²) in [7, 11) is 0. The lowest BCUT2D eigenvalue weighted by Crippen LogP contribution is -2.29. The highest BCUT2D eigenvalue weighted by Gasteiger charge is 2.18. The molecular formula is C32H36O10. The third-order valence-corrected chi connectivity index (χ3v) is 5.33. The molecule has 10 nitrogen and oxygen atoms in total. The first kappa shape index (κ1) is 35.2. The lowest BCUT2D eigenvalue weighted by atomic mass is 10.1. The number of rotatable bonds is 14. The zero-order chi connectivity index (χ0) is 31.5. The van der Waals surface area contributed by atoms with Crippen LogP contribution >= 0.6 is 0 Å². The SMILES string of the molecule is C=C(C)C(=O)OC(=O)CCC(=O)O.C=C(CCc1ccccc1)C(=O)OCC(CO)OC(=O)C(C)=Cc1ccccc1. The zero-order valence-corrected chi connectivity index (χ0v) is 23.7. The summed E-state index contributed by atoms with van der Waals surface area (Å²) in [6.07, 6.45) is 1.24. The quantitative estimate of drug-likeness (QED) is 0.144. The molecule has 0 aliphatic heterocycles. The Hall–Kier alpha value is -4.83. The third kappa shape index (κ3) is 15.1. The Labute approximate surface area is 244 Å². The van der Waals surface area contributed by atoms with Gasteiger partial charge in [-0.15, -0.1) is 0 Å². The Bertz CT molecular complexity index is 1260. The lowest BCUT2D eigenvalue weighted by molar-refractivity contribution is -0.158. The van der Waals surface area contributed by atoms with E-state index in [0.717, 1.165) is 11.1 Å². The molecule has 2 rings (SSSR count). The second kappa shape index (κ2) is 19.3. The van der Waals surface area contributed by atoms with Crippen LogP contribution in [0, 0.1) is 0 Å². The first-order chi connectivity index (χ1) is 19.9. The number of carbonyl (C=O) groups is 5. The molecule has 0 aromatic heterocycles. The van der Waals surface area contributed by atoms with Gasteiger partial charge in [-0.05, 0) is 43.9 Å². The van der Waals surface area contributed by atoms with Crippen LogP contribution in [-0.2, 0) is 44.6 Å². The number of aliphatic hydroxyl groups excluding tert-OH is 1. The number of carboxylic acids is 1. The maximum absolute atomic E-state index is 12.2. The largest absolute Gasteiger partial charge is 0.481 e. The molecule has 0 aliphatic carbocycles. The van der Waals surface area contributed by atoms with E-state index in [1.807, 2.05) is 60.7 Å². The van der Waals surface area contributed by atoms with Gasteiger partial charge in [-0.25, -0.2) is 14.4 Å². The van der Waals surface area contributed by atoms with Gasteiger partial charge in [0.15, 0.2) is 6.10 Å². The molecule has 0 radical (unpaired) electrons. The summed E-state index contributed by atoms with van der Waals surface area (Å²) in [5.41, 5.74) is 2.78. The summed E-state index contributed by atoms with van der Waals surface area (Å²) in [5, 5.41) is 17.6. The fraction of sp³-hybridized carbons (Fsp3) is 0.281. The molecule has 42 heavy (non-hydrogen) atoms. The molecular weight excluding hydrogens is 544 g/mol. The van der Waals surface area contributed by atoms with Gasteiger partial charge in [0.05, 0.1) is 19.4 Å². The summed E-state index contributed by atoms with van der Waals surface area (Å²) in [6, 6.07) is 19.1. The minimum atomic E-state index is -1.11. The molecule has 10 heteroatoms. The lowest BCUT2D eigenvalue weighted by Gasteiger charge is -2.16. The number of benzene rings is 2. The normalized spacial score (nSPS) is 11.2. The smallest absolute Gasteiger partial charge is 0.340 e. The zero-order valence-electron chi connectivity index (χ0n) is 23.7. The predicted molar refractivity (Wildman–Crippen MR) is 155 cm³/mol. The molecule has 2 aromatic rings. The number of hydrogen-bond acceptors (Lipinski definition) is 9. The molecule has 2 N–H and O–H groups in total. The Morgan fingerprint density at radius 2 is 1.43 bits per heavy atom. The summed E-state index contributed by atoms with van der Waals surface area (Å²) >= 11 is 0. The van der Waals surface area contributed by atoms with Crippen molar-refractivity contribution in [2.45, 2.75) is 45.6 Å². The first-order valence-electron chi connectivity index (χ1n) is 13.0. The molecule has 0 bridgehead atoms. The monoisotopic (exact) mass is 580 g/mol. The van der Waals surface area contributed by atoms with Crippen LogP contribution in [0.1, 0.15) is 44.2 Å². The van der Waals surface area contributed by atoms with Gasteiger partial charge in [0.25, 0.3) is 0 Å². The van der Waals surface area contributed by atoms with Gasteiger partial charge in [-0.2, -0.15) is 0 Å². The highest BCUT2D eigenvalue weighted by atomic mass is 16.6. The number of aliphatic hydroxyl groups is 1. The summed E-state index contributed by atoms with van der Waals surface area (Å²) in [5.74, 6) is -3.93. The van der Waals surface area contributed by atoms with Crippen LogP contribution in [0.2, 0.25) is 0 Å². The van der Waals surface area contributed by atoms with E-state index in [-0.39, 0.29) is 25.0 Å². The van der Waals surface area contributed by atoms with Gasteiger partial charge >= 0.3 is 29.8 Å². The third-order valence-electron chi connectivity index (χ3n) is 5.33. The van der Waals surface area contributed by atoms with E-state index < -0.39 is 42.6 Å². The average molecular weight is 581 g/mol. The van der Waals surface area contributed by atoms with Crippen molar-refractivity contribution in [1.29, 1.82) is 0 Å². The summed E-state index contributed by atoms with van der Waals surface area (Å²) in [6.45, 7) is 9.36. The second-order valence-corrected chi connectivity index (χ2v) is 9.07. The fourth-order valence-electron chi connectivity index (χ4n) is 2.99. The molecule has 0 amide bonds. The van der Waals surface area contributed by atoms with Crippen molar-refractivity contribution >= 4 is 35.9 Å². The van der Waals surface area contributed by atoms with Crippen molar-refractivity contribution in [3.8, 4) is 0 Å². The van der Waals surface area contributed by atoms with Crippen LogP contribution < -0.4 is 0 Å². The Kier molecular flexibility index (Phi) is 16.2. The number of hydrogen-bond donors (Lipinski definition) is 2. The van der Waals surface area contributed by atoms with Crippen molar-refractivity contribution in [3.63, 3.8) is 0 Å². The predicted octanol–water partition coefficient (Wildman–Crippen LogP) is 4.22. The molecule has 224 valence electrons. The number of aryl methyl sites for hydroxylation is 1. The second-order valence-electron chi connectivity index (χ2n) is 9.07. The molecule has 1 atom stereocenters. The summed E-state index contributed by atoms with van der Waals surface area (Å²) < 4.78 is 14.6. The molecule has 1 unspecified atom stereocenters. The average Bonchev–Trinajstić information content (AvgIpc) is 2.97. The van der Waals surface area contributed by atoms with Crippen molar-refractivity contribution in [2.75, 3.05) is 13.2 Å². The molecule has 0 aliphatic rings. The maximum atomic E-state index is 12.2. The van der Waals surface area contributed by atoms with Gasteiger partial charge in [0, 0.05) is 16.7 Å². The molecule has 2 aromatic carbocycles. The van der Waals surface area contributed by atoms with Gasteiger partial charge in [0.1, 0.15) is 6.61 Å². The highest BCUT2D eigenvalue weighted by molar-refractivity contribution is 5.95. The van der Waals surface area contributed by atoms with Gasteiger partial charge in [0.2, 0.25) is 0 Å². The summed E-state index contributed by atoms with van der Waals surface area (Å²) in [4.78, 5) is 55.7. The first-order valence-corrected chi connectivity index (χ1v) is 13.0. The number of carbonyl (C=O) groups excluding carboxylic acids is 4. The van der Waals surface area contributed by atoms with E-state index in [1.54, 1.807) is 13.0 Å². The van der Waals surface area contributed by atoms with Gasteiger partial charge in [-0.3, -0.25) is 9.59 Å². The Morgan fingerprint density at radius 3 is 1.98 bits per heavy atom. The van der Waals surface area contributed by atoms with Crippen LogP contribution in [0.5, 0.6) is 0 Å². The molecule has 0 saturated heterocycles. The van der Waals surface area contributed by atoms with E-state index in [2.05, 4.69) is 17.9 Å². The van der Waals surface area contributed by atoms with Crippen LogP contribution in [0.4, 0.5) is 0 Å². The van der Waals surface area contributed by atoms with E-state index in [4.69, 9.17) is 14.6 Å². The minimum absolute atomic E-state index is 0.101. The standard InChI is InChI=1S/C24H26O5.C8H10O5/c1-18(13-14-20-9-5-3-6-10-20)23(26)28-17-22(16-25)29-24(27)19(2)15-21-11-7-4-8-12-21;1-5(2)8(12)13-7(11)4-3-6(9)10/h3-12,15,22,25H,1,13-14,16-17H2,2H3;1,3-4H2,2H3,(H,9,10). The van der Waals surface area contributed by atoms with Gasteiger partial charge < -0.3 is 24.4 Å². The molecule has 0 spiro atoms. The van der Waals surface area contributed by atoms with E-state index >= 15 is 0 Å².